The molecule has 0 aliphatic carbocycles. The van der Waals surface area contributed by atoms with Crippen molar-refractivity contribution < 1.29 is 19.6 Å². The zero-order chi connectivity index (χ0) is 14.6. The van der Waals surface area contributed by atoms with Crippen LogP contribution in [0.1, 0.15) is 13.8 Å². The van der Waals surface area contributed by atoms with Gasteiger partial charge in [0.15, 0.2) is 0 Å². The Bertz CT molecular complexity index is 489. The van der Waals surface area contributed by atoms with Gasteiger partial charge in [-0.25, -0.2) is 0 Å². The third-order valence-electron chi connectivity index (χ3n) is 2.47. The molecule has 0 spiro atoms. The average molecular weight is 285 g/mol. The van der Waals surface area contributed by atoms with E-state index in [0.717, 1.165) is 11.8 Å². The van der Waals surface area contributed by atoms with Gasteiger partial charge in [0.2, 0.25) is 0 Å². The van der Waals surface area contributed by atoms with Crippen molar-refractivity contribution in [3.63, 3.8) is 0 Å². The number of aliphatic carboxylic acids is 1. The van der Waals surface area contributed by atoms with Gasteiger partial charge in [0.05, 0.1) is 16.9 Å². The number of hydrogen-bond donors (Lipinski definition) is 1. The highest BCUT2D eigenvalue weighted by Crippen LogP contribution is 2.37. The third kappa shape index (κ3) is 3.85. The molecule has 0 saturated heterocycles. The summed E-state index contributed by atoms with van der Waals surface area (Å²) < 4.78 is 5.01. The van der Waals surface area contributed by atoms with Crippen LogP contribution in [0, 0.1) is 16.0 Å². The van der Waals surface area contributed by atoms with Crippen molar-refractivity contribution in [2.45, 2.75) is 24.0 Å². The number of carbonyl (C=O) groups is 1. The second kappa shape index (κ2) is 6.42. The molecule has 6 nitrogen and oxygen atoms in total. The van der Waals surface area contributed by atoms with Crippen LogP contribution in [0.4, 0.5) is 5.69 Å². The smallest absolute Gasteiger partial charge is 0.317 e. The van der Waals surface area contributed by atoms with Crippen LogP contribution in [0.5, 0.6) is 5.75 Å². The lowest BCUT2D eigenvalue weighted by Crippen LogP contribution is -2.22. The second-order valence-corrected chi connectivity index (χ2v) is 5.39. The first-order valence-electron chi connectivity index (χ1n) is 5.58. The van der Waals surface area contributed by atoms with Crippen LogP contribution in [-0.4, -0.2) is 28.4 Å². The fourth-order valence-corrected chi connectivity index (χ4v) is 2.57. The van der Waals surface area contributed by atoms with Gasteiger partial charge < -0.3 is 9.84 Å². The van der Waals surface area contributed by atoms with Crippen molar-refractivity contribution in [3.05, 3.63) is 28.3 Å². The quantitative estimate of drug-likeness (QED) is 0.491. The van der Waals surface area contributed by atoms with Gasteiger partial charge >= 0.3 is 5.97 Å². The Labute approximate surface area is 114 Å². The van der Waals surface area contributed by atoms with Gasteiger partial charge in [0.25, 0.3) is 5.69 Å². The van der Waals surface area contributed by atoms with Gasteiger partial charge in [0.1, 0.15) is 11.0 Å². The van der Waals surface area contributed by atoms with Gasteiger partial charge in [0, 0.05) is 12.1 Å². The van der Waals surface area contributed by atoms with Gasteiger partial charge in [-0.3, -0.25) is 14.9 Å². The molecule has 1 unspecified atom stereocenters. The Morgan fingerprint density at radius 3 is 2.53 bits per heavy atom. The molecule has 0 aliphatic heterocycles. The fraction of sp³-hybridized carbons (Fsp3) is 0.417. The van der Waals surface area contributed by atoms with Crippen LogP contribution in [0.15, 0.2) is 23.1 Å². The highest BCUT2D eigenvalue weighted by molar-refractivity contribution is 8.00. The number of nitrogens with zero attached hydrogens (tertiary/aromatic N) is 1. The molecule has 0 aliphatic rings. The van der Waals surface area contributed by atoms with Crippen molar-refractivity contribution in [1.82, 2.24) is 0 Å². The number of rotatable bonds is 6. The maximum atomic E-state index is 11.2. The van der Waals surface area contributed by atoms with Crippen LogP contribution < -0.4 is 4.74 Å². The normalized spacial score (nSPS) is 12.2. The summed E-state index contributed by atoms with van der Waals surface area (Å²) in [5.41, 5.74) is -0.113. The van der Waals surface area contributed by atoms with E-state index >= 15 is 0 Å². The van der Waals surface area contributed by atoms with Gasteiger partial charge in [-0.1, -0.05) is 13.8 Å². The minimum absolute atomic E-state index is 0.113. The molecule has 1 atom stereocenters. The molecular weight excluding hydrogens is 270 g/mol. The lowest BCUT2D eigenvalue weighted by atomic mass is 10.1. The monoisotopic (exact) mass is 285 g/mol. The van der Waals surface area contributed by atoms with E-state index in [0.29, 0.717) is 10.6 Å². The molecule has 19 heavy (non-hydrogen) atoms. The summed E-state index contributed by atoms with van der Waals surface area (Å²) in [5, 5.41) is 19.3. The third-order valence-corrected chi connectivity index (χ3v) is 4.05. The molecule has 1 aromatic rings. The topological polar surface area (TPSA) is 89.7 Å². The maximum Gasteiger partial charge on any atom is 0.317 e. The van der Waals surface area contributed by atoms with Crippen LogP contribution in [0.25, 0.3) is 0 Å². The number of benzene rings is 1. The first kappa shape index (κ1) is 15.3. The number of nitro groups is 1. The molecule has 0 aromatic heterocycles. The van der Waals surface area contributed by atoms with Crippen LogP contribution in [-0.2, 0) is 4.79 Å². The number of nitro benzene ring substituents is 1. The van der Waals surface area contributed by atoms with Gasteiger partial charge in [-0.15, -0.1) is 11.8 Å². The van der Waals surface area contributed by atoms with Crippen LogP contribution in [0.3, 0.4) is 0 Å². The van der Waals surface area contributed by atoms with E-state index in [1.807, 2.05) is 0 Å². The molecule has 1 N–H and O–H groups in total. The summed E-state index contributed by atoms with van der Waals surface area (Å²) in [6, 6.07) is 4.29. The number of ether oxygens (including phenoxy) is 1. The fourth-order valence-electron chi connectivity index (χ4n) is 1.48. The van der Waals surface area contributed by atoms with Crippen LogP contribution in [0.2, 0.25) is 0 Å². The molecule has 0 fully saturated rings. The summed E-state index contributed by atoms with van der Waals surface area (Å²) in [5.74, 6) is -0.675. The summed E-state index contributed by atoms with van der Waals surface area (Å²) in [6.07, 6.45) is 0. The minimum Gasteiger partial charge on any atom is -0.497 e. The predicted molar refractivity (Wildman–Crippen MR) is 71.8 cm³/mol. The Kier molecular flexibility index (Phi) is 5.17. The second-order valence-electron chi connectivity index (χ2n) is 4.21. The number of thioether (sulfide) groups is 1. The molecule has 104 valence electrons. The first-order chi connectivity index (χ1) is 8.86. The van der Waals surface area contributed by atoms with Crippen molar-refractivity contribution in [3.8, 4) is 5.75 Å². The van der Waals surface area contributed by atoms with Crippen molar-refractivity contribution in [2.24, 2.45) is 5.92 Å². The van der Waals surface area contributed by atoms with E-state index in [1.165, 1.54) is 25.3 Å². The molecule has 0 radical (unpaired) electrons. The standard InChI is InChI=1S/C12H15NO5S/c1-7(2)11(12(14)15)19-10-6-8(18-3)4-5-9(10)13(16)17/h4-7,11H,1-3H3,(H,14,15). The predicted octanol–water partition coefficient (Wildman–Crippen LogP) is 2.80. The minimum atomic E-state index is -0.989. The summed E-state index contributed by atoms with van der Waals surface area (Å²) >= 11 is 0.968. The SMILES string of the molecule is COc1ccc([N+](=O)[O-])c(SC(C(=O)O)C(C)C)c1. The molecule has 0 amide bonds. The molecule has 0 heterocycles. The van der Waals surface area contributed by atoms with E-state index in [4.69, 9.17) is 9.84 Å². The maximum absolute atomic E-state index is 11.2. The number of carboxylic acids is 1. The van der Waals surface area contributed by atoms with E-state index in [9.17, 15) is 14.9 Å². The molecule has 0 saturated carbocycles. The summed E-state index contributed by atoms with van der Waals surface area (Å²) in [4.78, 5) is 21.9. The number of hydrogen-bond acceptors (Lipinski definition) is 5. The van der Waals surface area contributed by atoms with E-state index in [2.05, 4.69) is 0 Å². The zero-order valence-corrected chi connectivity index (χ0v) is 11.6. The van der Waals surface area contributed by atoms with Crippen molar-refractivity contribution in [2.75, 3.05) is 7.11 Å². The molecular formula is C12H15NO5S. The average Bonchev–Trinajstić information content (AvgIpc) is 2.34. The van der Waals surface area contributed by atoms with E-state index in [-0.39, 0.29) is 11.6 Å². The Hall–Kier alpha value is -1.76. The lowest BCUT2D eigenvalue weighted by molar-refractivity contribution is -0.387. The highest BCUT2D eigenvalue weighted by atomic mass is 32.2. The molecule has 1 aromatic carbocycles. The molecule has 0 bridgehead atoms. The Morgan fingerprint density at radius 1 is 1.47 bits per heavy atom. The first-order valence-corrected chi connectivity index (χ1v) is 6.46. The van der Waals surface area contributed by atoms with E-state index < -0.39 is 16.1 Å². The number of carboxylic acid groups (broad SMARTS) is 1. The summed E-state index contributed by atoms with van der Waals surface area (Å²) in [6.45, 7) is 3.52. The van der Waals surface area contributed by atoms with Crippen molar-refractivity contribution >= 4 is 23.4 Å². The van der Waals surface area contributed by atoms with Gasteiger partial charge in [-0.05, 0) is 12.0 Å². The Morgan fingerprint density at radius 2 is 2.11 bits per heavy atom. The van der Waals surface area contributed by atoms with Crippen LogP contribution >= 0.6 is 11.8 Å². The Balaban J connectivity index is 3.15. The molecule has 7 heteroatoms. The summed E-state index contributed by atoms with van der Waals surface area (Å²) in [7, 11) is 1.45. The lowest BCUT2D eigenvalue weighted by Gasteiger charge is -2.15. The highest BCUT2D eigenvalue weighted by Gasteiger charge is 2.26. The van der Waals surface area contributed by atoms with Gasteiger partial charge in [-0.2, -0.15) is 0 Å². The largest absolute Gasteiger partial charge is 0.497 e. The zero-order valence-electron chi connectivity index (χ0n) is 10.8. The van der Waals surface area contributed by atoms with E-state index in [1.54, 1.807) is 13.8 Å². The van der Waals surface area contributed by atoms with Crippen molar-refractivity contribution in [1.29, 1.82) is 0 Å². The molecule has 1 rings (SSSR count). The number of methoxy groups -OCH3 is 1.